The molecule has 0 saturated heterocycles. The van der Waals surface area contributed by atoms with Gasteiger partial charge >= 0.3 is 0 Å². The van der Waals surface area contributed by atoms with E-state index in [-0.39, 0.29) is 16.5 Å². The second kappa shape index (κ2) is 9.48. The molecule has 0 bridgehead atoms. The van der Waals surface area contributed by atoms with Crippen LogP contribution in [0.4, 0.5) is 11.4 Å². The van der Waals surface area contributed by atoms with E-state index in [0.29, 0.717) is 21.4 Å². The van der Waals surface area contributed by atoms with Crippen LogP contribution in [0.3, 0.4) is 0 Å². The van der Waals surface area contributed by atoms with E-state index in [1.54, 1.807) is 30.3 Å². The summed E-state index contributed by atoms with van der Waals surface area (Å²) in [6, 6.07) is 14.1. The van der Waals surface area contributed by atoms with Crippen LogP contribution in [-0.2, 0) is 29.6 Å². The lowest BCUT2D eigenvalue weighted by Crippen LogP contribution is -2.00. The third-order valence-electron chi connectivity index (χ3n) is 4.87. The lowest BCUT2D eigenvalue weighted by Gasteiger charge is -2.10. The van der Waals surface area contributed by atoms with E-state index >= 15 is 0 Å². The first-order valence-electron chi connectivity index (χ1n) is 9.33. The summed E-state index contributed by atoms with van der Waals surface area (Å²) in [5.74, 6) is -0.909. The summed E-state index contributed by atoms with van der Waals surface area (Å²) in [7, 11) is -9.56. The smallest absolute Gasteiger partial charge is 0.298 e. The van der Waals surface area contributed by atoms with Crippen LogP contribution in [0.1, 0.15) is 0 Å². The van der Waals surface area contributed by atoms with E-state index in [9.17, 15) is 31.0 Å². The molecule has 12 nitrogen and oxygen atoms in total. The Hall–Kier alpha value is -3.15. The number of hydrogen-bond acceptors (Lipinski definition) is 11. The summed E-state index contributed by atoms with van der Waals surface area (Å²) in [6.07, 6.45) is 0. The Morgan fingerprint density at radius 1 is 0.800 bits per heavy atom. The fraction of sp³-hybridized carbons (Fsp3) is 0. The summed E-state index contributed by atoms with van der Waals surface area (Å²) in [5, 5.41) is 32.0. The summed E-state index contributed by atoms with van der Waals surface area (Å²) >= 11 is 0.737. The van der Waals surface area contributed by atoms with Crippen LogP contribution >= 0.6 is 12.0 Å². The highest BCUT2D eigenvalue weighted by Gasteiger charge is 2.23. The first kappa shape index (κ1) is 25.0. The maximum atomic E-state index is 11.8. The van der Waals surface area contributed by atoms with Gasteiger partial charge in [-0.2, -0.15) is 16.8 Å². The molecule has 182 valence electrons. The van der Waals surface area contributed by atoms with Crippen molar-refractivity contribution in [2.75, 3.05) is 0 Å². The molecule has 0 aliphatic rings. The van der Waals surface area contributed by atoms with E-state index < -0.39 is 35.8 Å². The number of fused-ring (bicyclic) bond motifs is 2. The molecule has 4 aromatic carbocycles. The fourth-order valence-electron chi connectivity index (χ4n) is 3.36. The highest BCUT2D eigenvalue weighted by atomic mass is 32.2. The van der Waals surface area contributed by atoms with Crippen LogP contribution in [0.5, 0.6) is 5.75 Å². The minimum Gasteiger partial charge on any atom is -0.504 e. The Balaban J connectivity index is 1.93. The Morgan fingerprint density at radius 2 is 1.51 bits per heavy atom. The average molecular weight is 539 g/mol. The van der Waals surface area contributed by atoms with Crippen LogP contribution in [0.15, 0.2) is 85.6 Å². The number of hydrogen-bond donors (Lipinski definition) is 4. The fourth-order valence-corrected chi connectivity index (χ4v) is 4.99. The van der Waals surface area contributed by atoms with Crippen molar-refractivity contribution in [1.82, 2.24) is 0 Å². The number of azo groups is 1. The quantitative estimate of drug-likeness (QED) is 0.0810. The van der Waals surface area contributed by atoms with Gasteiger partial charge in [0.05, 0.1) is 22.6 Å². The molecule has 4 N–H and O–H groups in total. The van der Waals surface area contributed by atoms with Crippen molar-refractivity contribution in [1.29, 1.82) is 0 Å². The molecule has 35 heavy (non-hydrogen) atoms. The van der Waals surface area contributed by atoms with E-state index in [2.05, 4.69) is 19.6 Å². The second-order valence-corrected chi connectivity index (χ2v) is 10.5. The van der Waals surface area contributed by atoms with E-state index in [4.69, 9.17) is 5.26 Å². The number of phenols is 1. The zero-order valence-electron chi connectivity index (χ0n) is 17.1. The average Bonchev–Trinajstić information content (AvgIpc) is 2.80. The monoisotopic (exact) mass is 538 g/mol. The van der Waals surface area contributed by atoms with Gasteiger partial charge in [-0.05, 0) is 41.1 Å². The van der Waals surface area contributed by atoms with Gasteiger partial charge in [0.1, 0.15) is 10.6 Å². The molecule has 0 amide bonds. The molecule has 0 aliphatic carbocycles. The number of aromatic hydroxyl groups is 1. The molecule has 0 spiro atoms. The van der Waals surface area contributed by atoms with Crippen molar-refractivity contribution >= 4 is 65.2 Å². The molecule has 0 saturated carbocycles. The van der Waals surface area contributed by atoms with E-state index in [1.165, 1.54) is 12.1 Å². The molecular weight excluding hydrogens is 524 g/mol. The lowest BCUT2D eigenvalue weighted by molar-refractivity contribution is -0.432. The van der Waals surface area contributed by atoms with Gasteiger partial charge in [0.25, 0.3) is 20.2 Å². The van der Waals surface area contributed by atoms with Crippen LogP contribution < -0.4 is 0 Å². The predicted molar refractivity (Wildman–Crippen MR) is 124 cm³/mol. The first-order valence-corrected chi connectivity index (χ1v) is 13.0. The van der Waals surface area contributed by atoms with Crippen LogP contribution in [0.25, 0.3) is 21.5 Å². The Bertz CT molecular complexity index is 1700. The summed E-state index contributed by atoms with van der Waals surface area (Å²) in [6.45, 7) is 0. The lowest BCUT2D eigenvalue weighted by atomic mass is 10.1. The largest absolute Gasteiger partial charge is 0.504 e. The standard InChI is InChI=1S/C20H14N2O10S3/c23-20-18(35(28,29)30)10-11-9-12(34(25,26)27)5-6-13(11)19(20)22-21-16-7-8-17(33-32-31-24)15-4-2-1-3-14(15)16/h1-10,23-24H,(H,25,26,27)(H,28,29,30). The Kier molecular flexibility index (Phi) is 6.76. The molecule has 4 aromatic rings. The van der Waals surface area contributed by atoms with Gasteiger partial charge in [0.2, 0.25) is 0 Å². The summed E-state index contributed by atoms with van der Waals surface area (Å²) in [4.78, 5) is -0.898. The van der Waals surface area contributed by atoms with Gasteiger partial charge in [0, 0.05) is 15.7 Å². The SMILES string of the molecule is O=S(=O)(O)c1ccc2c(N=Nc3ccc(SOOO)c4ccccc34)c(O)c(S(=O)(=O)O)cc2c1. The Morgan fingerprint density at radius 3 is 2.17 bits per heavy atom. The van der Waals surface area contributed by atoms with Crippen molar-refractivity contribution in [3.63, 3.8) is 0 Å². The van der Waals surface area contributed by atoms with Crippen molar-refractivity contribution < 1.29 is 45.7 Å². The molecule has 4 rings (SSSR count). The molecule has 15 heteroatoms. The van der Waals surface area contributed by atoms with E-state index in [1.807, 2.05) is 0 Å². The maximum Gasteiger partial charge on any atom is 0.298 e. The molecule has 0 unspecified atom stereocenters. The topological polar surface area (TPSA) is 192 Å². The summed E-state index contributed by atoms with van der Waals surface area (Å²) < 4.78 is 70.0. The van der Waals surface area contributed by atoms with Crippen molar-refractivity contribution in [2.24, 2.45) is 10.2 Å². The van der Waals surface area contributed by atoms with Gasteiger partial charge in [0.15, 0.2) is 5.75 Å². The number of benzene rings is 4. The first-order chi connectivity index (χ1) is 16.5. The minimum absolute atomic E-state index is 0.0581. The Labute approximate surface area is 202 Å². The van der Waals surface area contributed by atoms with Crippen LogP contribution in [0.2, 0.25) is 0 Å². The molecule has 0 heterocycles. The number of nitrogens with zero attached hydrogens (tertiary/aromatic N) is 2. The van der Waals surface area contributed by atoms with Gasteiger partial charge in [-0.15, -0.1) is 14.6 Å². The van der Waals surface area contributed by atoms with E-state index in [0.717, 1.165) is 30.2 Å². The third-order valence-corrected chi connectivity index (χ3v) is 7.25. The van der Waals surface area contributed by atoms with Crippen LogP contribution in [-0.4, -0.2) is 36.3 Å². The van der Waals surface area contributed by atoms with Gasteiger partial charge < -0.3 is 5.11 Å². The van der Waals surface area contributed by atoms with Crippen molar-refractivity contribution in [3.05, 3.63) is 60.7 Å². The zero-order chi connectivity index (χ0) is 25.4. The van der Waals surface area contributed by atoms with Gasteiger partial charge in [-0.25, -0.2) is 5.26 Å². The summed E-state index contributed by atoms with van der Waals surface area (Å²) in [5.41, 5.74) is -0.0641. The molecular formula is C20H14N2O10S3. The predicted octanol–water partition coefficient (Wildman–Crippen LogP) is 5.04. The van der Waals surface area contributed by atoms with Crippen molar-refractivity contribution in [3.8, 4) is 5.75 Å². The zero-order valence-corrected chi connectivity index (χ0v) is 19.6. The highest BCUT2D eigenvalue weighted by Crippen LogP contribution is 2.43. The van der Waals surface area contributed by atoms with Crippen molar-refractivity contribution in [2.45, 2.75) is 14.7 Å². The minimum atomic E-state index is -4.94. The third kappa shape index (κ3) is 5.12. The van der Waals surface area contributed by atoms with Gasteiger partial charge in [-0.3, -0.25) is 9.11 Å². The second-order valence-electron chi connectivity index (χ2n) is 6.96. The normalized spacial score (nSPS) is 12.7. The molecule has 0 atom stereocenters. The molecule has 0 aromatic heterocycles. The number of rotatable bonds is 7. The highest BCUT2D eigenvalue weighted by molar-refractivity contribution is 7.94. The molecule has 0 radical (unpaired) electrons. The van der Waals surface area contributed by atoms with Gasteiger partial charge in [-0.1, -0.05) is 35.4 Å². The molecule has 0 aliphatic heterocycles. The maximum absolute atomic E-state index is 11.8. The molecule has 0 fully saturated rings. The van der Waals surface area contributed by atoms with Crippen LogP contribution in [0, 0.1) is 0 Å². The number of phenolic OH excluding ortho intramolecular Hbond substituents is 1.